The molecule has 3 aromatic rings. The second-order valence-corrected chi connectivity index (χ2v) is 8.02. The summed E-state index contributed by atoms with van der Waals surface area (Å²) in [5, 5.41) is 15.6. The Labute approximate surface area is 224 Å². The van der Waals surface area contributed by atoms with Gasteiger partial charge in [0.1, 0.15) is 5.56 Å². The Hall–Kier alpha value is -5.00. The smallest absolute Gasteiger partial charge is 0.493 e. The van der Waals surface area contributed by atoms with E-state index in [0.29, 0.717) is 0 Å². The molecule has 0 spiro atoms. The second-order valence-electron chi connectivity index (χ2n) is 8.02. The van der Waals surface area contributed by atoms with Crippen molar-refractivity contribution in [3.05, 3.63) is 89.4 Å². The molecule has 1 atom stereocenters. The second kappa shape index (κ2) is 14.1. The number of nitrogens with zero attached hydrogens (tertiary/aromatic N) is 2. The molecular formula is C27H28N4O8. The molecule has 0 bridgehead atoms. The first kappa shape index (κ1) is 28.6. The van der Waals surface area contributed by atoms with Crippen molar-refractivity contribution >= 4 is 23.9 Å². The van der Waals surface area contributed by atoms with Gasteiger partial charge in [-0.25, -0.2) is 9.78 Å². The number of aromatic nitrogens is 2. The van der Waals surface area contributed by atoms with Crippen molar-refractivity contribution < 1.29 is 38.5 Å². The van der Waals surface area contributed by atoms with Gasteiger partial charge in [-0.15, -0.1) is 0 Å². The van der Waals surface area contributed by atoms with Gasteiger partial charge in [0.2, 0.25) is 18.0 Å². The number of esters is 1. The summed E-state index contributed by atoms with van der Waals surface area (Å²) in [5.41, 5.74) is 1.44. The molecule has 12 heteroatoms. The molecule has 1 aromatic heterocycles. The van der Waals surface area contributed by atoms with Crippen LogP contribution in [-0.4, -0.2) is 58.5 Å². The van der Waals surface area contributed by atoms with Crippen LogP contribution in [0.4, 0.5) is 4.79 Å². The molecule has 0 aliphatic rings. The fraction of sp³-hybridized carbons (Fsp3) is 0.259. The third-order valence-corrected chi connectivity index (χ3v) is 5.19. The van der Waals surface area contributed by atoms with Crippen LogP contribution in [0.3, 0.4) is 0 Å². The van der Waals surface area contributed by atoms with E-state index < -0.39 is 48.0 Å². The van der Waals surface area contributed by atoms with E-state index in [1.165, 1.54) is 6.92 Å². The molecule has 2 amide bonds. The van der Waals surface area contributed by atoms with E-state index in [0.717, 1.165) is 17.3 Å². The molecule has 0 saturated carbocycles. The number of nitrogens with one attached hydrogen (secondary N) is 2. The van der Waals surface area contributed by atoms with Gasteiger partial charge < -0.3 is 30.0 Å². The number of benzene rings is 2. The Morgan fingerprint density at radius 2 is 1.54 bits per heavy atom. The van der Waals surface area contributed by atoms with Crippen molar-refractivity contribution in [2.24, 2.45) is 0 Å². The summed E-state index contributed by atoms with van der Waals surface area (Å²) in [4.78, 5) is 56.0. The van der Waals surface area contributed by atoms with Crippen molar-refractivity contribution in [3.8, 4) is 5.88 Å². The number of carbonyl (C=O) groups is 4. The zero-order valence-corrected chi connectivity index (χ0v) is 21.3. The molecule has 0 radical (unpaired) electrons. The van der Waals surface area contributed by atoms with Crippen LogP contribution in [0, 0.1) is 0 Å². The monoisotopic (exact) mass is 536 g/mol. The molecule has 0 saturated heterocycles. The largest absolute Gasteiger partial charge is 0.511 e. The van der Waals surface area contributed by atoms with Crippen LogP contribution >= 0.6 is 0 Å². The molecule has 3 rings (SSSR count). The third kappa shape index (κ3) is 8.52. The molecule has 0 aliphatic heterocycles. The first-order valence-electron chi connectivity index (χ1n) is 12.1. The van der Waals surface area contributed by atoms with Crippen LogP contribution in [-0.2, 0) is 19.0 Å². The zero-order valence-electron chi connectivity index (χ0n) is 21.3. The first-order chi connectivity index (χ1) is 18.8. The summed E-state index contributed by atoms with van der Waals surface area (Å²) in [7, 11) is 0. The lowest BCUT2D eigenvalue weighted by molar-refractivity contribution is -0.167. The van der Waals surface area contributed by atoms with Gasteiger partial charge in [-0.3, -0.25) is 14.4 Å². The van der Waals surface area contributed by atoms with Gasteiger partial charge in [0.15, 0.2) is 0 Å². The van der Waals surface area contributed by atoms with Crippen LogP contribution < -0.4 is 10.6 Å². The normalized spacial score (nSPS) is 11.3. The van der Waals surface area contributed by atoms with Crippen molar-refractivity contribution in [2.75, 3.05) is 13.2 Å². The van der Waals surface area contributed by atoms with Gasteiger partial charge in [-0.05, 0) is 18.1 Å². The molecule has 1 unspecified atom stereocenters. The van der Waals surface area contributed by atoms with Gasteiger partial charge in [-0.2, -0.15) is 4.98 Å². The summed E-state index contributed by atoms with van der Waals surface area (Å²) in [5.74, 6) is -3.25. The summed E-state index contributed by atoms with van der Waals surface area (Å²) < 4.78 is 14.2. The summed E-state index contributed by atoms with van der Waals surface area (Å²) in [6.45, 7) is 2.89. The number of hydrogen-bond acceptors (Lipinski definition) is 10. The van der Waals surface area contributed by atoms with Crippen molar-refractivity contribution in [2.45, 2.75) is 32.6 Å². The zero-order chi connectivity index (χ0) is 28.2. The predicted molar refractivity (Wildman–Crippen MR) is 137 cm³/mol. The molecule has 2 aromatic carbocycles. The van der Waals surface area contributed by atoms with Crippen LogP contribution in [0.2, 0.25) is 0 Å². The topological polar surface area (TPSA) is 166 Å². The molecule has 12 nitrogen and oxygen atoms in total. The van der Waals surface area contributed by atoms with E-state index in [1.54, 1.807) is 6.92 Å². The number of aromatic hydroxyl groups is 1. The minimum atomic E-state index is -1.17. The van der Waals surface area contributed by atoms with Crippen LogP contribution in [0.25, 0.3) is 0 Å². The van der Waals surface area contributed by atoms with Gasteiger partial charge in [-0.1, -0.05) is 60.7 Å². The Morgan fingerprint density at radius 3 is 2.10 bits per heavy atom. The first-order valence-corrected chi connectivity index (χ1v) is 12.1. The minimum absolute atomic E-state index is 0.108. The Morgan fingerprint density at radius 1 is 0.923 bits per heavy atom. The van der Waals surface area contributed by atoms with E-state index in [9.17, 15) is 24.3 Å². The van der Waals surface area contributed by atoms with E-state index in [4.69, 9.17) is 9.47 Å². The Balaban J connectivity index is 1.57. The number of hydrogen-bond donors (Lipinski definition) is 3. The van der Waals surface area contributed by atoms with Gasteiger partial charge in [0, 0.05) is 19.7 Å². The average Bonchev–Trinajstić information content (AvgIpc) is 2.92. The molecule has 204 valence electrons. The molecule has 1 heterocycles. The van der Waals surface area contributed by atoms with Crippen molar-refractivity contribution in [1.82, 2.24) is 20.6 Å². The van der Waals surface area contributed by atoms with Crippen molar-refractivity contribution in [3.63, 3.8) is 0 Å². The fourth-order valence-electron chi connectivity index (χ4n) is 3.41. The quantitative estimate of drug-likeness (QED) is 0.245. The van der Waals surface area contributed by atoms with Gasteiger partial charge in [0.05, 0.1) is 19.1 Å². The fourth-order valence-corrected chi connectivity index (χ4v) is 3.41. The molecule has 3 N–H and O–H groups in total. The molecular weight excluding hydrogens is 508 g/mol. The molecule has 39 heavy (non-hydrogen) atoms. The van der Waals surface area contributed by atoms with E-state index in [-0.39, 0.29) is 25.1 Å². The lowest BCUT2D eigenvalue weighted by Gasteiger charge is -2.20. The maximum Gasteiger partial charge on any atom is 0.511 e. The number of carbonyl (C=O) groups excluding carboxylic acids is 4. The highest BCUT2D eigenvalue weighted by Gasteiger charge is 2.22. The van der Waals surface area contributed by atoms with Crippen LogP contribution in [0.15, 0.2) is 66.9 Å². The standard InChI is InChI=1S/C27H28N4O8/c1-3-37-27(36)39-17(2)38-21(32)14-15-28-26(35)23-29-16-20(25(34)31-23)24(33)30-22(18-10-6-4-7-11-18)19-12-8-5-9-13-19/h4-13,16-17,22H,3,14-15H2,1-2H3,(H,28,35)(H,30,33)(H,29,31,34). The lowest BCUT2D eigenvalue weighted by Crippen LogP contribution is -2.31. The van der Waals surface area contributed by atoms with E-state index >= 15 is 0 Å². The Bertz CT molecular complexity index is 1250. The molecule has 0 fully saturated rings. The highest BCUT2D eigenvalue weighted by molar-refractivity contribution is 5.97. The highest BCUT2D eigenvalue weighted by atomic mass is 16.8. The predicted octanol–water partition coefficient (Wildman–Crippen LogP) is 2.88. The average molecular weight is 537 g/mol. The van der Waals surface area contributed by atoms with E-state index in [2.05, 4.69) is 25.3 Å². The summed E-state index contributed by atoms with van der Waals surface area (Å²) in [6.07, 6.45) is -1.34. The van der Waals surface area contributed by atoms with Crippen LogP contribution in [0.1, 0.15) is 58.4 Å². The number of amides is 2. The summed E-state index contributed by atoms with van der Waals surface area (Å²) in [6, 6.07) is 18.1. The number of ether oxygens (including phenoxy) is 3. The molecule has 0 aliphatic carbocycles. The maximum absolute atomic E-state index is 13.0. The SMILES string of the molecule is CCOC(=O)OC(C)OC(=O)CCNC(=O)c1ncc(C(=O)NC(c2ccccc2)c2ccccc2)c(O)n1. The summed E-state index contributed by atoms with van der Waals surface area (Å²) >= 11 is 0. The highest BCUT2D eigenvalue weighted by Crippen LogP contribution is 2.23. The maximum atomic E-state index is 13.0. The number of rotatable bonds is 11. The minimum Gasteiger partial charge on any atom is -0.493 e. The van der Waals surface area contributed by atoms with Crippen molar-refractivity contribution in [1.29, 1.82) is 0 Å². The van der Waals surface area contributed by atoms with E-state index in [1.807, 2.05) is 60.7 Å². The lowest BCUT2D eigenvalue weighted by atomic mass is 9.98. The van der Waals surface area contributed by atoms with Gasteiger partial charge in [0.25, 0.3) is 11.8 Å². The van der Waals surface area contributed by atoms with Gasteiger partial charge >= 0.3 is 12.1 Å². The van der Waals surface area contributed by atoms with Crippen LogP contribution in [0.5, 0.6) is 5.88 Å². The Kier molecular flexibility index (Phi) is 10.3. The third-order valence-electron chi connectivity index (χ3n) is 5.19.